The molecular formula is C18H22N2O3S. The lowest BCUT2D eigenvalue weighted by atomic mass is 10.1. The quantitative estimate of drug-likeness (QED) is 0.788. The number of rotatable bonds is 6. The molecule has 1 atom stereocenters. The van der Waals surface area contributed by atoms with E-state index in [1.165, 1.54) is 12.5 Å². The molecule has 0 fully saturated rings. The summed E-state index contributed by atoms with van der Waals surface area (Å²) in [7, 11) is 0. The van der Waals surface area contributed by atoms with Crippen LogP contribution in [0.5, 0.6) is 0 Å². The number of hydrogen-bond donors (Lipinski definition) is 2. The molecule has 0 bridgehead atoms. The second-order valence-corrected chi connectivity index (χ2v) is 6.83. The third-order valence-electron chi connectivity index (χ3n) is 3.60. The van der Waals surface area contributed by atoms with E-state index in [-0.39, 0.29) is 5.91 Å². The molecule has 1 unspecified atom stereocenters. The Morgan fingerprint density at radius 2 is 1.83 bits per heavy atom. The Kier molecular flexibility index (Phi) is 6.25. The summed E-state index contributed by atoms with van der Waals surface area (Å²) in [6.07, 6.45) is 0. The zero-order valence-electron chi connectivity index (χ0n) is 14.3. The average molecular weight is 346 g/mol. The molecule has 0 saturated carbocycles. The molecule has 2 rings (SSSR count). The normalized spacial score (nSPS) is 12.0. The van der Waals surface area contributed by atoms with Gasteiger partial charge in [-0.25, -0.2) is 4.21 Å². The fourth-order valence-corrected chi connectivity index (χ4v) is 3.04. The third kappa shape index (κ3) is 4.99. The summed E-state index contributed by atoms with van der Waals surface area (Å²) in [5.41, 5.74) is 7.74. The van der Waals surface area contributed by atoms with Crippen LogP contribution in [0.2, 0.25) is 0 Å². The first-order chi connectivity index (χ1) is 11.4. The maximum Gasteiger partial charge on any atom is 0.221 e. The summed E-state index contributed by atoms with van der Waals surface area (Å²) in [6, 6.07) is 11.3. The van der Waals surface area contributed by atoms with Gasteiger partial charge in [-0.2, -0.15) is 9.76 Å². The number of hydrogen-bond acceptors (Lipinski definition) is 4. The fourth-order valence-electron chi connectivity index (χ4n) is 2.32. The van der Waals surface area contributed by atoms with Crippen molar-refractivity contribution < 1.29 is 13.3 Å². The summed E-state index contributed by atoms with van der Waals surface area (Å²) in [5, 5.41) is 2.72. The van der Waals surface area contributed by atoms with Crippen LogP contribution in [0.15, 0.2) is 41.3 Å². The standard InChI is InChI=1S/C18H22N2O3S/c1-12-5-6-16(13(2)9-12)11-19-23-24(22)17-7-8-18(14(3)10-17)20-15(4)21/h5-10,19H,11H2,1-4H3,(H,20,21). The molecule has 2 aromatic rings. The van der Waals surface area contributed by atoms with Crippen molar-refractivity contribution in [3.05, 3.63) is 58.7 Å². The van der Waals surface area contributed by atoms with Gasteiger partial charge in [0.05, 0.1) is 4.90 Å². The van der Waals surface area contributed by atoms with Gasteiger partial charge >= 0.3 is 0 Å². The van der Waals surface area contributed by atoms with Gasteiger partial charge in [0.25, 0.3) is 0 Å². The van der Waals surface area contributed by atoms with Crippen LogP contribution in [0.25, 0.3) is 0 Å². The molecule has 24 heavy (non-hydrogen) atoms. The number of anilines is 1. The van der Waals surface area contributed by atoms with Gasteiger partial charge in [-0.15, -0.1) is 0 Å². The van der Waals surface area contributed by atoms with Crippen LogP contribution < -0.4 is 10.8 Å². The molecule has 128 valence electrons. The number of nitrogens with one attached hydrogen (secondary N) is 2. The Balaban J connectivity index is 1.95. The summed E-state index contributed by atoms with van der Waals surface area (Å²) < 4.78 is 17.4. The Bertz CT molecular complexity index is 775. The van der Waals surface area contributed by atoms with Crippen LogP contribution in [0.3, 0.4) is 0 Å². The minimum Gasteiger partial charge on any atom is -0.326 e. The maximum atomic E-state index is 12.2. The summed E-state index contributed by atoms with van der Waals surface area (Å²) in [6.45, 7) is 7.84. The number of benzene rings is 2. The van der Waals surface area contributed by atoms with E-state index in [1.54, 1.807) is 18.2 Å². The average Bonchev–Trinajstić information content (AvgIpc) is 2.51. The van der Waals surface area contributed by atoms with Gasteiger partial charge < -0.3 is 5.32 Å². The molecule has 0 spiro atoms. The Morgan fingerprint density at radius 1 is 1.08 bits per heavy atom. The molecule has 6 heteroatoms. The number of carbonyl (C=O) groups excluding carboxylic acids is 1. The molecular weight excluding hydrogens is 324 g/mol. The van der Waals surface area contributed by atoms with Gasteiger partial charge in [-0.1, -0.05) is 23.8 Å². The first-order valence-corrected chi connectivity index (χ1v) is 8.70. The summed E-state index contributed by atoms with van der Waals surface area (Å²) in [4.78, 5) is 11.6. The van der Waals surface area contributed by atoms with Crippen LogP contribution >= 0.6 is 0 Å². The highest BCUT2D eigenvalue weighted by molar-refractivity contribution is 7.80. The number of carbonyl (C=O) groups is 1. The Labute approximate surface area is 145 Å². The molecule has 0 aliphatic rings. The Morgan fingerprint density at radius 3 is 2.46 bits per heavy atom. The lowest BCUT2D eigenvalue weighted by Crippen LogP contribution is -2.17. The highest BCUT2D eigenvalue weighted by atomic mass is 32.2. The van der Waals surface area contributed by atoms with Crippen LogP contribution in [0, 0.1) is 20.8 Å². The van der Waals surface area contributed by atoms with E-state index in [1.807, 2.05) is 32.9 Å². The van der Waals surface area contributed by atoms with Gasteiger partial charge in [-0.3, -0.25) is 4.79 Å². The van der Waals surface area contributed by atoms with Gasteiger partial charge in [0.1, 0.15) is 0 Å². The second-order valence-electron chi connectivity index (χ2n) is 5.73. The zero-order valence-corrected chi connectivity index (χ0v) is 15.1. The molecule has 0 aliphatic carbocycles. The van der Waals surface area contributed by atoms with Gasteiger partial charge in [0.15, 0.2) is 0 Å². The van der Waals surface area contributed by atoms with Crippen molar-refractivity contribution in [3.63, 3.8) is 0 Å². The van der Waals surface area contributed by atoms with E-state index in [9.17, 15) is 9.00 Å². The first kappa shape index (κ1) is 18.3. The first-order valence-electron chi connectivity index (χ1n) is 7.63. The molecule has 0 radical (unpaired) electrons. The van der Waals surface area contributed by atoms with Crippen LogP contribution in [-0.2, 0) is 26.7 Å². The van der Waals surface area contributed by atoms with Crippen molar-refractivity contribution in [2.45, 2.75) is 39.1 Å². The van der Waals surface area contributed by atoms with Gasteiger partial charge in [-0.05, 0) is 55.7 Å². The maximum absolute atomic E-state index is 12.2. The van der Waals surface area contributed by atoms with Gasteiger partial charge in [0.2, 0.25) is 17.0 Å². The molecule has 0 aromatic heterocycles. The Hall–Kier alpha value is -2.02. The van der Waals surface area contributed by atoms with Crippen molar-refractivity contribution in [2.24, 2.45) is 0 Å². The predicted octanol–water partition coefficient (Wildman–Crippen LogP) is 3.31. The lowest BCUT2D eigenvalue weighted by molar-refractivity contribution is -0.114. The van der Waals surface area contributed by atoms with Crippen LogP contribution in [-0.4, -0.2) is 10.1 Å². The molecule has 0 aliphatic heterocycles. The molecule has 5 nitrogen and oxygen atoms in total. The summed E-state index contributed by atoms with van der Waals surface area (Å²) >= 11 is -1.62. The van der Waals surface area contributed by atoms with E-state index in [0.29, 0.717) is 17.1 Å². The zero-order chi connectivity index (χ0) is 17.7. The molecule has 2 aromatic carbocycles. The number of hydroxylamine groups is 1. The van der Waals surface area contributed by atoms with Crippen molar-refractivity contribution in [2.75, 3.05) is 5.32 Å². The van der Waals surface area contributed by atoms with E-state index >= 15 is 0 Å². The SMILES string of the molecule is CC(=O)Nc1ccc(S(=O)ONCc2ccc(C)cc2C)cc1C. The predicted molar refractivity (Wildman–Crippen MR) is 95.7 cm³/mol. The monoisotopic (exact) mass is 346 g/mol. The van der Waals surface area contributed by atoms with Gasteiger partial charge in [0, 0.05) is 19.2 Å². The van der Waals surface area contributed by atoms with Crippen molar-refractivity contribution in [1.29, 1.82) is 0 Å². The molecule has 2 N–H and O–H groups in total. The molecule has 1 amide bonds. The minimum absolute atomic E-state index is 0.140. The largest absolute Gasteiger partial charge is 0.326 e. The minimum atomic E-state index is -1.62. The van der Waals surface area contributed by atoms with Crippen molar-refractivity contribution >= 4 is 22.7 Å². The number of amides is 1. The van der Waals surface area contributed by atoms with E-state index in [2.05, 4.69) is 16.9 Å². The fraction of sp³-hybridized carbons (Fsp3) is 0.278. The smallest absolute Gasteiger partial charge is 0.221 e. The molecule has 0 heterocycles. The van der Waals surface area contributed by atoms with Crippen LogP contribution in [0.4, 0.5) is 5.69 Å². The third-order valence-corrected chi connectivity index (χ3v) is 4.50. The molecule has 0 saturated heterocycles. The lowest BCUT2D eigenvalue weighted by Gasteiger charge is -2.10. The highest BCUT2D eigenvalue weighted by Gasteiger charge is 2.09. The van der Waals surface area contributed by atoms with Crippen LogP contribution in [0.1, 0.15) is 29.2 Å². The van der Waals surface area contributed by atoms with E-state index < -0.39 is 11.1 Å². The van der Waals surface area contributed by atoms with E-state index in [0.717, 1.165) is 16.7 Å². The van der Waals surface area contributed by atoms with E-state index in [4.69, 9.17) is 4.28 Å². The topological polar surface area (TPSA) is 67.4 Å². The highest BCUT2D eigenvalue weighted by Crippen LogP contribution is 2.19. The van der Waals surface area contributed by atoms with Crippen molar-refractivity contribution in [3.8, 4) is 0 Å². The second kappa shape index (κ2) is 8.19. The summed E-state index contributed by atoms with van der Waals surface area (Å²) in [5.74, 6) is -0.140. The number of aryl methyl sites for hydroxylation is 3. The van der Waals surface area contributed by atoms with Crippen molar-refractivity contribution in [1.82, 2.24) is 5.48 Å².